The number of halogens is 1. The van der Waals surface area contributed by atoms with Gasteiger partial charge in [-0.15, -0.1) is 20.4 Å². The molecule has 114 valence electrons. The SMILES string of the molecule is CCNc1nnc(SCc2nnc(-c3ccccc3Cl)o2)s1. The molecule has 2 heterocycles. The van der Waals surface area contributed by atoms with Crippen molar-refractivity contribution >= 4 is 39.8 Å². The summed E-state index contributed by atoms with van der Waals surface area (Å²) in [6.45, 7) is 2.84. The van der Waals surface area contributed by atoms with Crippen LogP contribution >= 0.6 is 34.7 Å². The summed E-state index contributed by atoms with van der Waals surface area (Å²) in [4.78, 5) is 0. The summed E-state index contributed by atoms with van der Waals surface area (Å²) in [5, 5.41) is 20.7. The van der Waals surface area contributed by atoms with Gasteiger partial charge in [0, 0.05) is 6.54 Å². The average molecular weight is 354 g/mol. The smallest absolute Gasteiger partial charge is 0.249 e. The van der Waals surface area contributed by atoms with Crippen LogP contribution in [0.1, 0.15) is 12.8 Å². The molecule has 1 aromatic carbocycles. The molecule has 0 aliphatic heterocycles. The van der Waals surface area contributed by atoms with Crippen LogP contribution in [0.2, 0.25) is 5.02 Å². The van der Waals surface area contributed by atoms with Crippen molar-refractivity contribution < 1.29 is 4.42 Å². The van der Waals surface area contributed by atoms with E-state index in [1.807, 2.05) is 25.1 Å². The molecular weight excluding hydrogens is 342 g/mol. The van der Waals surface area contributed by atoms with E-state index in [0.717, 1.165) is 21.6 Å². The Hall–Kier alpha value is -1.64. The van der Waals surface area contributed by atoms with Gasteiger partial charge in [0.2, 0.25) is 16.9 Å². The second-order valence-electron chi connectivity index (χ2n) is 4.17. The van der Waals surface area contributed by atoms with E-state index in [9.17, 15) is 0 Å². The monoisotopic (exact) mass is 353 g/mol. The molecule has 0 saturated carbocycles. The van der Waals surface area contributed by atoms with Gasteiger partial charge in [0.05, 0.1) is 16.3 Å². The Labute approximate surface area is 140 Å². The minimum absolute atomic E-state index is 0.423. The highest BCUT2D eigenvalue weighted by Gasteiger charge is 2.12. The number of rotatable bonds is 6. The van der Waals surface area contributed by atoms with E-state index in [4.69, 9.17) is 16.0 Å². The fourth-order valence-electron chi connectivity index (χ4n) is 1.67. The van der Waals surface area contributed by atoms with Gasteiger partial charge >= 0.3 is 0 Å². The molecular formula is C13H12ClN5OS2. The van der Waals surface area contributed by atoms with E-state index in [2.05, 4.69) is 25.7 Å². The number of nitrogens with zero attached hydrogens (tertiary/aromatic N) is 4. The van der Waals surface area contributed by atoms with Crippen molar-refractivity contribution in [1.82, 2.24) is 20.4 Å². The number of benzene rings is 1. The van der Waals surface area contributed by atoms with E-state index in [-0.39, 0.29) is 0 Å². The van der Waals surface area contributed by atoms with Gasteiger partial charge in [0.1, 0.15) is 0 Å². The molecule has 1 N–H and O–H groups in total. The van der Waals surface area contributed by atoms with Crippen LogP contribution in [0.5, 0.6) is 0 Å². The summed E-state index contributed by atoms with van der Waals surface area (Å²) in [5.74, 6) is 1.49. The molecule has 9 heteroatoms. The number of hydrogen-bond donors (Lipinski definition) is 1. The van der Waals surface area contributed by atoms with Crippen LogP contribution < -0.4 is 5.32 Å². The summed E-state index contributed by atoms with van der Waals surface area (Å²) < 4.78 is 6.49. The van der Waals surface area contributed by atoms with Gasteiger partial charge < -0.3 is 9.73 Å². The van der Waals surface area contributed by atoms with Crippen LogP contribution in [0, 0.1) is 0 Å². The van der Waals surface area contributed by atoms with Crippen molar-refractivity contribution in [3.63, 3.8) is 0 Å². The molecule has 2 aromatic heterocycles. The molecule has 0 unspecified atom stereocenters. The van der Waals surface area contributed by atoms with Gasteiger partial charge in [-0.25, -0.2) is 0 Å². The predicted molar refractivity (Wildman–Crippen MR) is 88.4 cm³/mol. The quantitative estimate of drug-likeness (QED) is 0.672. The molecule has 0 atom stereocenters. The second kappa shape index (κ2) is 7.08. The third-order valence-electron chi connectivity index (χ3n) is 2.62. The summed E-state index contributed by atoms with van der Waals surface area (Å²) in [7, 11) is 0. The standard InChI is InChI=1S/C13H12ClN5OS2/c1-2-15-12-18-19-13(22-12)21-7-10-16-17-11(20-10)8-5-3-4-6-9(8)14/h3-6H,2,7H2,1H3,(H,15,18). The highest BCUT2D eigenvalue weighted by Crippen LogP contribution is 2.30. The maximum absolute atomic E-state index is 6.12. The molecule has 0 aliphatic carbocycles. The Bertz CT molecular complexity index is 760. The first kappa shape index (κ1) is 15.3. The fourth-order valence-corrected chi connectivity index (χ4v) is 3.54. The molecule has 3 aromatic rings. The van der Waals surface area contributed by atoms with E-state index in [1.54, 1.807) is 6.07 Å². The zero-order chi connectivity index (χ0) is 15.4. The van der Waals surface area contributed by atoms with Gasteiger partial charge in [-0.1, -0.05) is 46.8 Å². The van der Waals surface area contributed by atoms with E-state index >= 15 is 0 Å². The predicted octanol–water partition coefficient (Wildman–Crippen LogP) is 3.97. The van der Waals surface area contributed by atoms with Crippen LogP contribution in [0.15, 0.2) is 33.0 Å². The van der Waals surface area contributed by atoms with Gasteiger partial charge in [-0.05, 0) is 19.1 Å². The van der Waals surface area contributed by atoms with Crippen LogP contribution in [0.25, 0.3) is 11.5 Å². The maximum Gasteiger partial charge on any atom is 0.249 e. The normalized spacial score (nSPS) is 10.8. The Kier molecular flexibility index (Phi) is 4.91. The van der Waals surface area contributed by atoms with Crippen LogP contribution in [-0.2, 0) is 5.75 Å². The lowest BCUT2D eigenvalue weighted by molar-refractivity contribution is 0.528. The number of nitrogens with one attached hydrogen (secondary N) is 1. The summed E-state index contributed by atoms with van der Waals surface area (Å²) in [5.41, 5.74) is 0.735. The molecule has 0 amide bonds. The molecule has 3 rings (SSSR count). The van der Waals surface area contributed by atoms with E-state index < -0.39 is 0 Å². The molecule has 6 nitrogen and oxygen atoms in total. The number of hydrogen-bond acceptors (Lipinski definition) is 8. The topological polar surface area (TPSA) is 76.7 Å². The first-order valence-corrected chi connectivity index (χ1v) is 8.71. The van der Waals surface area contributed by atoms with E-state index in [0.29, 0.717) is 22.6 Å². The molecule has 0 saturated heterocycles. The number of anilines is 1. The molecule has 0 aliphatic rings. The zero-order valence-corrected chi connectivity index (χ0v) is 14.0. The molecule has 0 spiro atoms. The van der Waals surface area contributed by atoms with Crippen molar-refractivity contribution in [3.8, 4) is 11.5 Å². The van der Waals surface area contributed by atoms with Crippen molar-refractivity contribution in [1.29, 1.82) is 0 Å². The zero-order valence-electron chi connectivity index (χ0n) is 11.6. The Morgan fingerprint density at radius 3 is 2.91 bits per heavy atom. The Balaban J connectivity index is 1.65. The molecule has 0 bridgehead atoms. The van der Waals surface area contributed by atoms with Gasteiger partial charge in [-0.3, -0.25) is 0 Å². The third-order valence-corrected chi connectivity index (χ3v) is 4.95. The van der Waals surface area contributed by atoms with Gasteiger partial charge in [-0.2, -0.15) is 0 Å². The summed E-state index contributed by atoms with van der Waals surface area (Å²) in [6, 6.07) is 7.37. The number of aromatic nitrogens is 4. The molecule has 22 heavy (non-hydrogen) atoms. The van der Waals surface area contributed by atoms with Crippen molar-refractivity contribution in [2.24, 2.45) is 0 Å². The second-order valence-corrected chi connectivity index (χ2v) is 6.78. The maximum atomic E-state index is 6.12. The minimum atomic E-state index is 0.423. The first-order valence-electron chi connectivity index (χ1n) is 6.53. The lowest BCUT2D eigenvalue weighted by Gasteiger charge is -1.96. The van der Waals surface area contributed by atoms with E-state index in [1.165, 1.54) is 23.1 Å². The highest BCUT2D eigenvalue weighted by atomic mass is 35.5. The van der Waals surface area contributed by atoms with Gasteiger partial charge in [0.25, 0.3) is 0 Å². The summed E-state index contributed by atoms with van der Waals surface area (Å²) >= 11 is 9.13. The first-order chi connectivity index (χ1) is 10.8. The summed E-state index contributed by atoms with van der Waals surface area (Å²) in [6.07, 6.45) is 0. The third kappa shape index (κ3) is 3.57. The van der Waals surface area contributed by atoms with Crippen molar-refractivity contribution in [3.05, 3.63) is 35.2 Å². The van der Waals surface area contributed by atoms with Crippen molar-refractivity contribution in [2.75, 3.05) is 11.9 Å². The number of thioether (sulfide) groups is 1. The Morgan fingerprint density at radius 1 is 1.23 bits per heavy atom. The highest BCUT2D eigenvalue weighted by molar-refractivity contribution is 8.00. The van der Waals surface area contributed by atoms with Crippen LogP contribution in [-0.4, -0.2) is 26.9 Å². The lowest BCUT2D eigenvalue weighted by Crippen LogP contribution is -1.94. The lowest BCUT2D eigenvalue weighted by atomic mass is 10.2. The van der Waals surface area contributed by atoms with Crippen LogP contribution in [0.4, 0.5) is 5.13 Å². The average Bonchev–Trinajstić information content (AvgIpc) is 3.15. The Morgan fingerprint density at radius 2 is 2.09 bits per heavy atom. The fraction of sp³-hybridized carbons (Fsp3) is 0.231. The largest absolute Gasteiger partial charge is 0.420 e. The van der Waals surface area contributed by atoms with Gasteiger partial charge in [0.15, 0.2) is 4.34 Å². The van der Waals surface area contributed by atoms with Crippen LogP contribution in [0.3, 0.4) is 0 Å². The molecule has 0 radical (unpaired) electrons. The van der Waals surface area contributed by atoms with Crippen molar-refractivity contribution in [2.45, 2.75) is 17.0 Å². The minimum Gasteiger partial charge on any atom is -0.420 e. The molecule has 0 fully saturated rings.